The van der Waals surface area contributed by atoms with Crippen molar-refractivity contribution in [3.05, 3.63) is 97.6 Å². The number of benzene rings is 2. The number of halogens is 2. The Morgan fingerprint density at radius 3 is 2.29 bits per heavy atom. The van der Waals surface area contributed by atoms with Crippen molar-refractivity contribution in [1.82, 2.24) is 9.47 Å². The van der Waals surface area contributed by atoms with Crippen LogP contribution in [0.4, 0.5) is 4.79 Å². The Balaban J connectivity index is 1.59. The molecule has 1 saturated heterocycles. The molecule has 0 unspecified atom stereocenters. The Morgan fingerprint density at radius 1 is 0.935 bits per heavy atom. The average Bonchev–Trinajstić information content (AvgIpc) is 3.15. The molecule has 7 heteroatoms. The fourth-order valence-electron chi connectivity index (χ4n) is 3.60. The van der Waals surface area contributed by atoms with Crippen molar-refractivity contribution in [3.63, 3.8) is 0 Å². The van der Waals surface area contributed by atoms with Crippen LogP contribution in [0.25, 0.3) is 6.08 Å². The van der Waals surface area contributed by atoms with E-state index in [1.165, 1.54) is 10.5 Å². The number of carbonyl (C=O) groups is 2. The van der Waals surface area contributed by atoms with Crippen molar-refractivity contribution in [2.24, 2.45) is 0 Å². The van der Waals surface area contributed by atoms with E-state index in [4.69, 9.17) is 23.2 Å². The SMILES string of the molecule is Cc1cc(/C=C2\SC(=O)N(Cc3c(Cl)cccc3Cl)C2=O)c(C)n1Cc1ccccc1. The predicted molar refractivity (Wildman–Crippen MR) is 127 cm³/mol. The lowest BCUT2D eigenvalue weighted by molar-refractivity contribution is -0.123. The largest absolute Gasteiger partial charge is 0.344 e. The van der Waals surface area contributed by atoms with Crippen LogP contribution < -0.4 is 0 Å². The Labute approximate surface area is 195 Å². The fourth-order valence-corrected chi connectivity index (χ4v) is 4.95. The van der Waals surface area contributed by atoms with E-state index < -0.39 is 0 Å². The minimum absolute atomic E-state index is 0.0491. The number of amides is 2. The van der Waals surface area contributed by atoms with E-state index in [2.05, 4.69) is 16.7 Å². The first-order chi connectivity index (χ1) is 14.8. The van der Waals surface area contributed by atoms with Crippen LogP contribution in [-0.4, -0.2) is 20.6 Å². The second-order valence-corrected chi connectivity index (χ2v) is 9.17. The van der Waals surface area contributed by atoms with Gasteiger partial charge in [-0.25, -0.2) is 0 Å². The van der Waals surface area contributed by atoms with Gasteiger partial charge in [0.2, 0.25) is 0 Å². The van der Waals surface area contributed by atoms with E-state index in [-0.39, 0.29) is 17.7 Å². The normalized spacial score (nSPS) is 15.4. The highest BCUT2D eigenvalue weighted by molar-refractivity contribution is 8.18. The van der Waals surface area contributed by atoms with Gasteiger partial charge in [-0.05, 0) is 61.0 Å². The second-order valence-electron chi connectivity index (χ2n) is 7.37. The highest BCUT2D eigenvalue weighted by Gasteiger charge is 2.36. The number of hydrogen-bond donors (Lipinski definition) is 0. The summed E-state index contributed by atoms with van der Waals surface area (Å²) in [6.07, 6.45) is 1.79. The van der Waals surface area contributed by atoms with Crippen molar-refractivity contribution in [1.29, 1.82) is 0 Å². The second kappa shape index (κ2) is 8.95. The molecule has 4 rings (SSSR count). The Kier molecular flexibility index (Phi) is 6.28. The summed E-state index contributed by atoms with van der Waals surface area (Å²) in [4.78, 5) is 27.1. The summed E-state index contributed by atoms with van der Waals surface area (Å²) >= 11 is 13.4. The van der Waals surface area contributed by atoms with E-state index in [0.29, 0.717) is 20.5 Å². The van der Waals surface area contributed by atoms with E-state index in [1.54, 1.807) is 24.3 Å². The summed E-state index contributed by atoms with van der Waals surface area (Å²) in [6.45, 7) is 4.86. The molecular formula is C24H20Cl2N2O2S. The minimum Gasteiger partial charge on any atom is -0.344 e. The van der Waals surface area contributed by atoms with E-state index in [0.717, 1.165) is 35.3 Å². The molecule has 0 N–H and O–H groups in total. The fraction of sp³-hybridized carbons (Fsp3) is 0.167. The molecule has 0 radical (unpaired) electrons. The molecule has 1 aromatic heterocycles. The zero-order valence-corrected chi connectivity index (χ0v) is 19.4. The lowest BCUT2D eigenvalue weighted by Gasteiger charge is -2.14. The Morgan fingerprint density at radius 2 is 1.61 bits per heavy atom. The summed E-state index contributed by atoms with van der Waals surface area (Å²) in [5.41, 5.74) is 4.83. The van der Waals surface area contributed by atoms with Crippen LogP contribution in [0.5, 0.6) is 0 Å². The third kappa shape index (κ3) is 4.45. The number of hydrogen-bond acceptors (Lipinski definition) is 3. The molecule has 2 amide bonds. The van der Waals surface area contributed by atoms with E-state index >= 15 is 0 Å². The smallest absolute Gasteiger partial charge is 0.293 e. The molecule has 1 fully saturated rings. The van der Waals surface area contributed by atoms with Gasteiger partial charge in [-0.2, -0.15) is 0 Å². The number of thioether (sulfide) groups is 1. The molecular weight excluding hydrogens is 451 g/mol. The van der Waals surface area contributed by atoms with E-state index in [1.807, 2.05) is 38.1 Å². The molecule has 4 nitrogen and oxygen atoms in total. The van der Waals surface area contributed by atoms with Crippen LogP contribution in [0, 0.1) is 13.8 Å². The minimum atomic E-state index is -0.334. The predicted octanol–water partition coefficient (Wildman–Crippen LogP) is 6.70. The summed E-state index contributed by atoms with van der Waals surface area (Å²) in [7, 11) is 0. The lowest BCUT2D eigenvalue weighted by Crippen LogP contribution is -2.27. The summed E-state index contributed by atoms with van der Waals surface area (Å²) in [6, 6.07) is 17.4. The van der Waals surface area contributed by atoms with E-state index in [9.17, 15) is 9.59 Å². The number of imide groups is 1. The zero-order valence-electron chi connectivity index (χ0n) is 17.1. The molecule has 0 spiro atoms. The van der Waals surface area contributed by atoms with Gasteiger partial charge in [-0.15, -0.1) is 0 Å². The molecule has 2 heterocycles. The third-order valence-electron chi connectivity index (χ3n) is 5.33. The molecule has 158 valence electrons. The molecule has 0 atom stereocenters. The van der Waals surface area contributed by atoms with Crippen LogP contribution in [0.1, 0.15) is 28.1 Å². The average molecular weight is 471 g/mol. The Bertz CT molecular complexity index is 1180. The first kappa shape index (κ1) is 21.8. The number of aryl methyl sites for hydroxylation is 1. The van der Waals surface area contributed by atoms with Crippen LogP contribution in [0.15, 0.2) is 59.5 Å². The van der Waals surface area contributed by atoms with Gasteiger partial charge in [0.05, 0.1) is 11.4 Å². The molecule has 1 aliphatic heterocycles. The van der Waals surface area contributed by atoms with Crippen molar-refractivity contribution in [2.45, 2.75) is 26.9 Å². The monoisotopic (exact) mass is 470 g/mol. The van der Waals surface area contributed by atoms with Gasteiger partial charge in [0.15, 0.2) is 0 Å². The summed E-state index contributed by atoms with van der Waals surface area (Å²) < 4.78 is 2.20. The standard InChI is InChI=1S/C24H20Cl2N2O2S/c1-15-11-18(16(2)27(15)13-17-7-4-3-5-8-17)12-22-23(29)28(24(30)31-22)14-19-20(25)9-6-10-21(19)26/h3-12H,13-14H2,1-2H3/b22-12-. The molecule has 1 aliphatic rings. The van der Waals surface area contributed by atoms with Crippen molar-refractivity contribution in [2.75, 3.05) is 0 Å². The van der Waals surface area contributed by atoms with Crippen molar-refractivity contribution in [3.8, 4) is 0 Å². The van der Waals surface area contributed by atoms with Gasteiger partial charge >= 0.3 is 0 Å². The van der Waals surface area contributed by atoms with Crippen LogP contribution in [0.2, 0.25) is 10.0 Å². The van der Waals surface area contributed by atoms with Crippen molar-refractivity contribution < 1.29 is 9.59 Å². The Hall–Kier alpha value is -2.47. The molecule has 31 heavy (non-hydrogen) atoms. The third-order valence-corrected chi connectivity index (χ3v) is 6.95. The van der Waals surface area contributed by atoms with Gasteiger partial charge in [-0.1, -0.05) is 59.6 Å². The quantitative estimate of drug-likeness (QED) is 0.389. The van der Waals surface area contributed by atoms with Gasteiger partial charge in [-0.3, -0.25) is 14.5 Å². The van der Waals surface area contributed by atoms with Gasteiger partial charge in [0.25, 0.3) is 11.1 Å². The van der Waals surface area contributed by atoms with Gasteiger partial charge in [0.1, 0.15) is 0 Å². The summed E-state index contributed by atoms with van der Waals surface area (Å²) in [5, 5.41) is 0.533. The van der Waals surface area contributed by atoms with Gasteiger partial charge < -0.3 is 4.57 Å². The number of aromatic nitrogens is 1. The van der Waals surface area contributed by atoms with Crippen LogP contribution in [-0.2, 0) is 17.9 Å². The molecule has 2 aromatic carbocycles. The summed E-state index contributed by atoms with van der Waals surface area (Å²) in [5.74, 6) is -0.334. The molecule has 3 aromatic rings. The topological polar surface area (TPSA) is 42.3 Å². The number of rotatable bonds is 5. The maximum Gasteiger partial charge on any atom is 0.293 e. The first-order valence-electron chi connectivity index (χ1n) is 9.74. The first-order valence-corrected chi connectivity index (χ1v) is 11.3. The molecule has 0 bridgehead atoms. The molecule has 0 saturated carbocycles. The zero-order chi connectivity index (χ0) is 22.1. The highest BCUT2D eigenvalue weighted by Crippen LogP contribution is 2.36. The number of carbonyl (C=O) groups excluding carboxylic acids is 2. The lowest BCUT2D eigenvalue weighted by atomic mass is 10.2. The van der Waals surface area contributed by atoms with Gasteiger partial charge in [0, 0.05) is 33.5 Å². The van der Waals surface area contributed by atoms with Crippen molar-refractivity contribution >= 4 is 52.2 Å². The maximum absolute atomic E-state index is 13.0. The van der Waals surface area contributed by atoms with Crippen LogP contribution in [0.3, 0.4) is 0 Å². The molecule has 0 aliphatic carbocycles. The van der Waals surface area contributed by atoms with Crippen LogP contribution >= 0.6 is 35.0 Å². The number of nitrogens with zero attached hydrogens (tertiary/aromatic N) is 2. The maximum atomic E-state index is 13.0. The highest BCUT2D eigenvalue weighted by atomic mass is 35.5.